The van der Waals surface area contributed by atoms with Crippen LogP contribution in [0.1, 0.15) is 0 Å². The van der Waals surface area contributed by atoms with Crippen molar-refractivity contribution >= 4 is 97.3 Å². The summed E-state index contributed by atoms with van der Waals surface area (Å²) in [6, 6.07) is 66.8. The summed E-state index contributed by atoms with van der Waals surface area (Å²) < 4.78 is 6.48. The van der Waals surface area contributed by atoms with Crippen LogP contribution in [-0.2, 0) is 0 Å². The second kappa shape index (κ2) is 10.8. The maximum atomic E-state index is 6.48. The highest BCUT2D eigenvalue weighted by molar-refractivity contribution is 6.39. The van der Waals surface area contributed by atoms with Gasteiger partial charge < -0.3 is 4.42 Å². The Bertz CT molecular complexity index is 3510. The van der Waals surface area contributed by atoms with Crippen LogP contribution in [0, 0.1) is 0 Å². The Labute approximate surface area is 304 Å². The van der Waals surface area contributed by atoms with Gasteiger partial charge in [0.15, 0.2) is 0 Å². The van der Waals surface area contributed by atoms with Crippen molar-refractivity contribution in [1.29, 1.82) is 0 Å². The molecule has 11 aromatic carbocycles. The fourth-order valence-corrected chi connectivity index (χ4v) is 9.23. The van der Waals surface area contributed by atoms with Crippen molar-refractivity contribution in [2.75, 3.05) is 0 Å². The van der Waals surface area contributed by atoms with Crippen molar-refractivity contribution in [3.8, 4) is 22.3 Å². The van der Waals surface area contributed by atoms with E-state index in [4.69, 9.17) is 4.42 Å². The summed E-state index contributed by atoms with van der Waals surface area (Å²) in [7, 11) is 0. The van der Waals surface area contributed by atoms with Gasteiger partial charge in [0, 0.05) is 10.8 Å². The van der Waals surface area contributed by atoms with Gasteiger partial charge in [-0.25, -0.2) is 0 Å². The summed E-state index contributed by atoms with van der Waals surface area (Å²) in [6.07, 6.45) is 0. The lowest BCUT2D eigenvalue weighted by Crippen LogP contribution is -1.89. The molecule has 0 unspecified atom stereocenters. The topological polar surface area (TPSA) is 13.1 Å². The first kappa shape index (κ1) is 28.7. The Balaban J connectivity index is 1.08. The maximum Gasteiger partial charge on any atom is 0.136 e. The molecule has 0 aliphatic rings. The molecule has 0 saturated heterocycles. The van der Waals surface area contributed by atoms with Gasteiger partial charge in [0.25, 0.3) is 0 Å². The normalized spacial score (nSPS) is 12.2. The zero-order chi connectivity index (χ0) is 34.6. The highest BCUT2D eigenvalue weighted by Gasteiger charge is 2.17. The van der Waals surface area contributed by atoms with Crippen molar-refractivity contribution in [2.24, 2.45) is 0 Å². The second-order valence-corrected chi connectivity index (χ2v) is 14.4. The molecule has 1 heterocycles. The number of hydrogen-bond donors (Lipinski definition) is 0. The molecule has 53 heavy (non-hydrogen) atoms. The van der Waals surface area contributed by atoms with Crippen LogP contribution < -0.4 is 0 Å². The van der Waals surface area contributed by atoms with Crippen LogP contribution in [0.25, 0.3) is 120 Å². The average Bonchev–Trinajstić information content (AvgIpc) is 3.58. The number of benzene rings is 11. The van der Waals surface area contributed by atoms with Crippen LogP contribution in [0.15, 0.2) is 186 Å². The molecule has 0 aliphatic carbocycles. The van der Waals surface area contributed by atoms with Crippen LogP contribution >= 0.6 is 0 Å². The first-order valence-corrected chi connectivity index (χ1v) is 18.3. The van der Waals surface area contributed by atoms with Crippen LogP contribution in [0.3, 0.4) is 0 Å². The van der Waals surface area contributed by atoms with E-state index in [0.717, 1.165) is 27.5 Å². The average molecular weight is 671 g/mol. The first-order valence-electron chi connectivity index (χ1n) is 18.3. The molecule has 0 bridgehead atoms. The molecule has 0 saturated carbocycles. The Hall–Kier alpha value is -6.96. The molecule has 12 aromatic rings. The van der Waals surface area contributed by atoms with E-state index in [2.05, 4.69) is 182 Å². The zero-order valence-electron chi connectivity index (χ0n) is 28.7. The fraction of sp³-hybridized carbons (Fsp3) is 0. The van der Waals surface area contributed by atoms with Crippen LogP contribution in [0.5, 0.6) is 0 Å². The van der Waals surface area contributed by atoms with Crippen molar-refractivity contribution in [1.82, 2.24) is 0 Å². The molecule has 1 aromatic heterocycles. The molecule has 0 amide bonds. The molecule has 12 rings (SSSR count). The van der Waals surface area contributed by atoms with E-state index >= 15 is 0 Å². The van der Waals surface area contributed by atoms with Gasteiger partial charge >= 0.3 is 0 Å². The van der Waals surface area contributed by atoms with Crippen LogP contribution in [0.2, 0.25) is 0 Å². The zero-order valence-corrected chi connectivity index (χ0v) is 28.7. The van der Waals surface area contributed by atoms with Gasteiger partial charge in [0.05, 0.1) is 0 Å². The van der Waals surface area contributed by atoms with Crippen molar-refractivity contribution < 1.29 is 4.42 Å². The highest BCUT2D eigenvalue weighted by Crippen LogP contribution is 2.45. The van der Waals surface area contributed by atoms with E-state index in [9.17, 15) is 0 Å². The van der Waals surface area contributed by atoms with Gasteiger partial charge in [0.1, 0.15) is 11.2 Å². The molecule has 0 spiro atoms. The predicted octanol–water partition coefficient (Wildman–Crippen LogP) is 15.0. The first-order chi connectivity index (χ1) is 26.3. The molecular weight excluding hydrogens is 641 g/mol. The SMILES string of the molecule is c1ccc2cc3c(cc2c1)oc1cc(-c2cccc4c(-c5ccc6c(c5)c5ccccc5c5c7ccccc7c7ccccc7c65)cccc24)ccc13. The largest absolute Gasteiger partial charge is 0.456 e. The third-order valence-corrected chi connectivity index (χ3v) is 11.6. The van der Waals surface area contributed by atoms with E-state index in [1.165, 1.54) is 92.1 Å². The van der Waals surface area contributed by atoms with Crippen LogP contribution in [-0.4, -0.2) is 0 Å². The van der Waals surface area contributed by atoms with E-state index in [-0.39, 0.29) is 0 Å². The molecule has 0 N–H and O–H groups in total. The maximum absolute atomic E-state index is 6.48. The Morgan fingerprint density at radius 2 is 0.679 bits per heavy atom. The third-order valence-electron chi connectivity index (χ3n) is 11.6. The number of rotatable bonds is 2. The summed E-state index contributed by atoms with van der Waals surface area (Å²) in [4.78, 5) is 0. The van der Waals surface area contributed by atoms with E-state index in [1.54, 1.807) is 0 Å². The highest BCUT2D eigenvalue weighted by atomic mass is 16.3. The quantitative estimate of drug-likeness (QED) is 0.167. The van der Waals surface area contributed by atoms with Gasteiger partial charge in [-0.15, -0.1) is 0 Å². The summed E-state index contributed by atoms with van der Waals surface area (Å²) in [5.41, 5.74) is 6.64. The third kappa shape index (κ3) is 4.08. The molecule has 1 heteroatoms. The van der Waals surface area contributed by atoms with Crippen molar-refractivity contribution in [3.05, 3.63) is 182 Å². The Kier molecular flexibility index (Phi) is 5.84. The summed E-state index contributed by atoms with van der Waals surface area (Å²) in [5.74, 6) is 0. The number of hydrogen-bond acceptors (Lipinski definition) is 1. The van der Waals surface area contributed by atoms with E-state index in [1.807, 2.05) is 0 Å². The Morgan fingerprint density at radius 1 is 0.245 bits per heavy atom. The lowest BCUT2D eigenvalue weighted by atomic mass is 9.86. The summed E-state index contributed by atoms with van der Waals surface area (Å²) in [6.45, 7) is 0. The van der Waals surface area contributed by atoms with Gasteiger partial charge in [-0.1, -0.05) is 152 Å². The molecule has 0 aliphatic heterocycles. The minimum absolute atomic E-state index is 0.912. The molecule has 0 radical (unpaired) electrons. The lowest BCUT2D eigenvalue weighted by molar-refractivity contribution is 0.669. The molecule has 244 valence electrons. The molecule has 0 fully saturated rings. The smallest absolute Gasteiger partial charge is 0.136 e. The number of fused-ring (bicyclic) bond motifs is 16. The van der Waals surface area contributed by atoms with Crippen LogP contribution in [0.4, 0.5) is 0 Å². The second-order valence-electron chi connectivity index (χ2n) is 14.4. The van der Waals surface area contributed by atoms with Gasteiger partial charge in [0.2, 0.25) is 0 Å². The fourth-order valence-electron chi connectivity index (χ4n) is 9.23. The minimum atomic E-state index is 0.912. The minimum Gasteiger partial charge on any atom is -0.456 e. The molecular formula is C52H30O. The molecule has 0 atom stereocenters. The monoisotopic (exact) mass is 670 g/mol. The van der Waals surface area contributed by atoms with Gasteiger partial charge in [-0.05, 0) is 128 Å². The van der Waals surface area contributed by atoms with Crippen molar-refractivity contribution in [3.63, 3.8) is 0 Å². The predicted molar refractivity (Wildman–Crippen MR) is 227 cm³/mol. The van der Waals surface area contributed by atoms with Gasteiger partial charge in [-0.2, -0.15) is 0 Å². The molecule has 1 nitrogen and oxygen atoms in total. The standard InChI is InChI=1S/C52H30O/c1-2-12-32-29-50-48(27-31(32)11-1)42-25-23-34(30-49(42)53-50)36-20-10-21-37-35(19-9-22-38(36)37)33-24-26-46-47(28-33)41-15-5-8-18-45(41)51-43-16-6-3-13-39(43)40-14-4-7-17-44(40)52(46)51/h1-30H. The summed E-state index contributed by atoms with van der Waals surface area (Å²) in [5, 5.41) is 20.2. The lowest BCUT2D eigenvalue weighted by Gasteiger charge is -2.17. The Morgan fingerprint density at radius 3 is 1.28 bits per heavy atom. The van der Waals surface area contributed by atoms with E-state index < -0.39 is 0 Å². The number of furan rings is 1. The van der Waals surface area contributed by atoms with Crippen molar-refractivity contribution in [2.45, 2.75) is 0 Å². The van der Waals surface area contributed by atoms with E-state index in [0.29, 0.717) is 0 Å². The van der Waals surface area contributed by atoms with Gasteiger partial charge in [-0.3, -0.25) is 0 Å². The summed E-state index contributed by atoms with van der Waals surface area (Å²) >= 11 is 0.